The fourth-order valence-corrected chi connectivity index (χ4v) is 1.71. The lowest BCUT2D eigenvalue weighted by atomic mass is 10.2. The Morgan fingerprint density at radius 1 is 1.45 bits per heavy atom. The van der Waals surface area contributed by atoms with Gasteiger partial charge in [-0.15, -0.1) is 0 Å². The van der Waals surface area contributed by atoms with E-state index in [9.17, 15) is 14.0 Å². The molecule has 2 amide bonds. The Morgan fingerprint density at radius 2 is 2.15 bits per heavy atom. The number of benzene rings is 1. The lowest BCUT2D eigenvalue weighted by molar-refractivity contribution is -0.126. The molecule has 0 unspecified atom stereocenters. The van der Waals surface area contributed by atoms with Gasteiger partial charge >= 0.3 is 0 Å². The normalized spacial score (nSPS) is 12.2. The summed E-state index contributed by atoms with van der Waals surface area (Å²) in [4.78, 5) is 23.0. The molecule has 20 heavy (non-hydrogen) atoms. The minimum Gasteiger partial charge on any atom is -0.355 e. The van der Waals surface area contributed by atoms with E-state index in [1.807, 2.05) is 0 Å². The molecule has 0 aromatic heterocycles. The van der Waals surface area contributed by atoms with Crippen molar-refractivity contribution in [2.45, 2.75) is 19.9 Å². The monoisotopic (exact) mass is 298 g/mol. The van der Waals surface area contributed by atoms with Crippen molar-refractivity contribution in [3.8, 4) is 0 Å². The second-order valence-corrected chi connectivity index (χ2v) is 4.50. The predicted octanol–water partition coefficient (Wildman–Crippen LogP) is 2.13. The molecule has 0 fully saturated rings. The standard InChI is InChI=1S/C14H16ClFN2O2/c1-3-17-14(20)9(2)18-13(19)8-7-10-11(15)5-4-6-12(10)16/h4-9H,3H2,1-2H3,(H,17,20)(H,18,19)/b8-7+/t9-/m1/s1. The summed E-state index contributed by atoms with van der Waals surface area (Å²) in [7, 11) is 0. The van der Waals surface area contributed by atoms with Crippen molar-refractivity contribution in [1.82, 2.24) is 10.6 Å². The highest BCUT2D eigenvalue weighted by Crippen LogP contribution is 2.20. The lowest BCUT2D eigenvalue weighted by Gasteiger charge is -2.11. The molecule has 0 radical (unpaired) electrons. The number of carbonyl (C=O) groups is 2. The number of nitrogens with one attached hydrogen (secondary N) is 2. The zero-order chi connectivity index (χ0) is 15.1. The smallest absolute Gasteiger partial charge is 0.244 e. The van der Waals surface area contributed by atoms with Crippen LogP contribution in [0.4, 0.5) is 4.39 Å². The Balaban J connectivity index is 2.67. The van der Waals surface area contributed by atoms with Crippen molar-refractivity contribution in [3.05, 3.63) is 40.7 Å². The topological polar surface area (TPSA) is 58.2 Å². The van der Waals surface area contributed by atoms with Crippen molar-refractivity contribution < 1.29 is 14.0 Å². The molecule has 0 saturated carbocycles. The van der Waals surface area contributed by atoms with Gasteiger partial charge in [-0.25, -0.2) is 4.39 Å². The Bertz CT molecular complexity index is 512. The van der Waals surface area contributed by atoms with Gasteiger partial charge in [0.2, 0.25) is 11.8 Å². The fraction of sp³-hybridized carbons (Fsp3) is 0.286. The predicted molar refractivity (Wildman–Crippen MR) is 76.7 cm³/mol. The Morgan fingerprint density at radius 3 is 2.75 bits per heavy atom. The van der Waals surface area contributed by atoms with Gasteiger partial charge in [-0.3, -0.25) is 9.59 Å². The number of likely N-dealkylation sites (N-methyl/N-ethyl adjacent to an activating group) is 1. The van der Waals surface area contributed by atoms with Crippen LogP contribution in [-0.2, 0) is 9.59 Å². The number of amides is 2. The SMILES string of the molecule is CCNC(=O)[C@@H](C)NC(=O)/C=C/c1c(F)cccc1Cl. The number of rotatable bonds is 5. The quantitative estimate of drug-likeness (QED) is 0.818. The lowest BCUT2D eigenvalue weighted by Crippen LogP contribution is -2.44. The van der Waals surface area contributed by atoms with Crippen LogP contribution in [0, 0.1) is 5.82 Å². The molecule has 0 spiro atoms. The summed E-state index contributed by atoms with van der Waals surface area (Å²) in [5.74, 6) is -1.29. The summed E-state index contributed by atoms with van der Waals surface area (Å²) in [5.41, 5.74) is 0.134. The van der Waals surface area contributed by atoms with E-state index < -0.39 is 17.8 Å². The van der Waals surface area contributed by atoms with Gasteiger partial charge in [-0.1, -0.05) is 17.7 Å². The summed E-state index contributed by atoms with van der Waals surface area (Å²) in [6.07, 6.45) is 2.41. The molecule has 0 aliphatic rings. The van der Waals surface area contributed by atoms with Crippen LogP contribution >= 0.6 is 11.6 Å². The molecule has 6 heteroatoms. The second kappa shape index (κ2) is 7.65. The molecule has 0 saturated heterocycles. The summed E-state index contributed by atoms with van der Waals surface area (Å²) in [6.45, 7) is 3.83. The maximum Gasteiger partial charge on any atom is 0.244 e. The van der Waals surface area contributed by atoms with E-state index in [4.69, 9.17) is 11.6 Å². The van der Waals surface area contributed by atoms with Gasteiger partial charge in [-0.05, 0) is 32.1 Å². The maximum atomic E-state index is 13.5. The third-order valence-electron chi connectivity index (χ3n) is 2.50. The molecule has 1 rings (SSSR count). The molecule has 0 heterocycles. The Hall–Kier alpha value is -1.88. The summed E-state index contributed by atoms with van der Waals surface area (Å²) in [6, 6.07) is 3.59. The first-order valence-electron chi connectivity index (χ1n) is 6.16. The van der Waals surface area contributed by atoms with E-state index in [0.717, 1.165) is 6.08 Å². The number of halogens is 2. The Labute approximate surface area is 122 Å². The van der Waals surface area contributed by atoms with Crippen molar-refractivity contribution in [3.63, 3.8) is 0 Å². The average Bonchev–Trinajstić information content (AvgIpc) is 2.38. The van der Waals surface area contributed by atoms with Crippen molar-refractivity contribution in [1.29, 1.82) is 0 Å². The molecule has 0 bridgehead atoms. The van der Waals surface area contributed by atoms with Crippen LogP contribution in [0.1, 0.15) is 19.4 Å². The van der Waals surface area contributed by atoms with Gasteiger partial charge in [0, 0.05) is 18.2 Å². The van der Waals surface area contributed by atoms with Crippen molar-refractivity contribution in [2.24, 2.45) is 0 Å². The van der Waals surface area contributed by atoms with Crippen LogP contribution in [0.5, 0.6) is 0 Å². The van der Waals surface area contributed by atoms with E-state index in [2.05, 4.69) is 10.6 Å². The van der Waals surface area contributed by atoms with E-state index in [-0.39, 0.29) is 16.5 Å². The third-order valence-corrected chi connectivity index (χ3v) is 2.83. The number of hydrogen-bond donors (Lipinski definition) is 2. The molecule has 0 aliphatic heterocycles. The molecule has 108 valence electrons. The highest BCUT2D eigenvalue weighted by molar-refractivity contribution is 6.32. The zero-order valence-electron chi connectivity index (χ0n) is 11.2. The molecular formula is C14H16ClFN2O2. The highest BCUT2D eigenvalue weighted by Gasteiger charge is 2.13. The number of carbonyl (C=O) groups excluding carboxylic acids is 2. The zero-order valence-corrected chi connectivity index (χ0v) is 12.0. The molecule has 0 aliphatic carbocycles. The van der Waals surface area contributed by atoms with Crippen molar-refractivity contribution in [2.75, 3.05) is 6.54 Å². The van der Waals surface area contributed by atoms with Crippen LogP contribution in [0.25, 0.3) is 6.08 Å². The van der Waals surface area contributed by atoms with Crippen LogP contribution < -0.4 is 10.6 Å². The molecule has 1 atom stereocenters. The largest absolute Gasteiger partial charge is 0.355 e. The molecule has 1 aromatic rings. The molecule has 4 nitrogen and oxygen atoms in total. The van der Waals surface area contributed by atoms with Gasteiger partial charge < -0.3 is 10.6 Å². The average molecular weight is 299 g/mol. The minimum absolute atomic E-state index is 0.134. The van der Waals surface area contributed by atoms with E-state index in [1.54, 1.807) is 13.8 Å². The number of hydrogen-bond acceptors (Lipinski definition) is 2. The summed E-state index contributed by atoms with van der Waals surface area (Å²) in [5, 5.41) is 5.27. The van der Waals surface area contributed by atoms with Crippen LogP contribution in [0.3, 0.4) is 0 Å². The van der Waals surface area contributed by atoms with Gasteiger partial charge in [0.1, 0.15) is 11.9 Å². The minimum atomic E-state index is -0.664. The molecule has 2 N–H and O–H groups in total. The summed E-state index contributed by atoms with van der Waals surface area (Å²) < 4.78 is 13.5. The van der Waals surface area contributed by atoms with E-state index in [0.29, 0.717) is 6.54 Å². The maximum absolute atomic E-state index is 13.5. The Kier molecular flexibility index (Phi) is 6.18. The van der Waals surface area contributed by atoms with Crippen molar-refractivity contribution >= 4 is 29.5 Å². The molecular weight excluding hydrogens is 283 g/mol. The van der Waals surface area contributed by atoms with Gasteiger partial charge in [0.25, 0.3) is 0 Å². The van der Waals surface area contributed by atoms with Crippen LogP contribution in [-0.4, -0.2) is 24.4 Å². The molecule has 1 aromatic carbocycles. The van der Waals surface area contributed by atoms with Crippen LogP contribution in [0.2, 0.25) is 5.02 Å². The van der Waals surface area contributed by atoms with Gasteiger partial charge in [-0.2, -0.15) is 0 Å². The second-order valence-electron chi connectivity index (χ2n) is 4.09. The first-order chi connectivity index (χ1) is 9.45. The highest BCUT2D eigenvalue weighted by atomic mass is 35.5. The third kappa shape index (κ3) is 4.66. The first-order valence-corrected chi connectivity index (χ1v) is 6.53. The first kappa shape index (κ1) is 16.2. The van der Waals surface area contributed by atoms with Gasteiger partial charge in [0.15, 0.2) is 0 Å². The van der Waals surface area contributed by atoms with Crippen LogP contribution in [0.15, 0.2) is 24.3 Å². The summed E-state index contributed by atoms with van der Waals surface area (Å²) >= 11 is 5.82. The van der Waals surface area contributed by atoms with E-state index >= 15 is 0 Å². The van der Waals surface area contributed by atoms with E-state index in [1.165, 1.54) is 24.3 Å². The fourth-order valence-electron chi connectivity index (χ4n) is 1.48. The van der Waals surface area contributed by atoms with Gasteiger partial charge in [0.05, 0.1) is 5.02 Å².